The first-order valence-corrected chi connectivity index (χ1v) is 5.32. The summed E-state index contributed by atoms with van der Waals surface area (Å²) in [7, 11) is 0. The Hall–Kier alpha value is -1.84. The molecule has 0 bridgehead atoms. The van der Waals surface area contributed by atoms with Gasteiger partial charge in [-0.1, -0.05) is 17.7 Å². The molecule has 0 unspecified atom stereocenters. The molecule has 84 valence electrons. The summed E-state index contributed by atoms with van der Waals surface area (Å²) in [4.78, 5) is 22.7. The normalized spacial score (nSPS) is 19.3. The lowest BCUT2D eigenvalue weighted by molar-refractivity contribution is -0.122. The van der Waals surface area contributed by atoms with Gasteiger partial charge in [0.15, 0.2) is 0 Å². The first kappa shape index (κ1) is 10.7. The van der Waals surface area contributed by atoms with E-state index in [0.29, 0.717) is 12.8 Å². The van der Waals surface area contributed by atoms with E-state index in [0.717, 1.165) is 11.3 Å². The van der Waals surface area contributed by atoms with Crippen LogP contribution in [0.3, 0.4) is 0 Å². The maximum Gasteiger partial charge on any atom is 0.246 e. The topological polar surface area (TPSA) is 58.2 Å². The molecule has 1 atom stereocenters. The maximum atomic E-state index is 11.7. The van der Waals surface area contributed by atoms with E-state index in [1.54, 1.807) is 0 Å². The minimum Gasteiger partial charge on any atom is -0.344 e. The second-order valence-corrected chi connectivity index (χ2v) is 4.01. The van der Waals surface area contributed by atoms with Crippen LogP contribution in [0.15, 0.2) is 24.3 Å². The molecule has 2 N–H and O–H groups in total. The highest BCUT2D eigenvalue weighted by molar-refractivity contribution is 5.98. The van der Waals surface area contributed by atoms with Crippen molar-refractivity contribution in [3.8, 4) is 0 Å². The van der Waals surface area contributed by atoms with Gasteiger partial charge in [-0.25, -0.2) is 0 Å². The van der Waals surface area contributed by atoms with Crippen molar-refractivity contribution < 1.29 is 9.59 Å². The molecule has 16 heavy (non-hydrogen) atoms. The molecule has 2 amide bonds. The number of carbonyl (C=O) groups excluding carboxylic acids is 2. The third-order valence-electron chi connectivity index (χ3n) is 2.63. The van der Waals surface area contributed by atoms with E-state index in [-0.39, 0.29) is 17.9 Å². The van der Waals surface area contributed by atoms with Gasteiger partial charge in [-0.2, -0.15) is 0 Å². The Kier molecular flexibility index (Phi) is 2.90. The Morgan fingerprint density at radius 2 is 2.06 bits per heavy atom. The average Bonchev–Trinajstić information content (AvgIpc) is 2.68. The maximum absolute atomic E-state index is 11.7. The van der Waals surface area contributed by atoms with E-state index in [2.05, 4.69) is 10.6 Å². The smallest absolute Gasteiger partial charge is 0.246 e. The highest BCUT2D eigenvalue weighted by Crippen LogP contribution is 2.12. The molecule has 1 heterocycles. The van der Waals surface area contributed by atoms with Gasteiger partial charge in [0, 0.05) is 12.1 Å². The van der Waals surface area contributed by atoms with Gasteiger partial charge < -0.3 is 10.6 Å². The zero-order valence-electron chi connectivity index (χ0n) is 9.12. The lowest BCUT2D eigenvalue weighted by Crippen LogP contribution is -2.37. The minimum atomic E-state index is -0.381. The van der Waals surface area contributed by atoms with Crippen molar-refractivity contribution >= 4 is 17.5 Å². The van der Waals surface area contributed by atoms with Crippen molar-refractivity contribution in [3.63, 3.8) is 0 Å². The standard InChI is InChI=1S/C12H14N2O2/c1-8-2-4-9(5-3-8)13-12(16)10-6-7-11(15)14-10/h2-5,10H,6-7H2,1H3,(H,13,16)(H,14,15)/t10-/m0/s1. The van der Waals surface area contributed by atoms with Crippen molar-refractivity contribution in [1.29, 1.82) is 0 Å². The molecule has 1 saturated heterocycles. The molecule has 1 aliphatic heterocycles. The van der Waals surface area contributed by atoms with Crippen LogP contribution in [-0.2, 0) is 9.59 Å². The van der Waals surface area contributed by atoms with Crippen LogP contribution < -0.4 is 10.6 Å². The van der Waals surface area contributed by atoms with Crippen molar-refractivity contribution in [2.24, 2.45) is 0 Å². The summed E-state index contributed by atoms with van der Waals surface area (Å²) in [5, 5.41) is 5.41. The summed E-state index contributed by atoms with van der Waals surface area (Å²) in [6.45, 7) is 1.99. The third kappa shape index (κ3) is 2.39. The summed E-state index contributed by atoms with van der Waals surface area (Å²) in [6.07, 6.45) is 1.02. The molecule has 0 aliphatic carbocycles. The first-order valence-electron chi connectivity index (χ1n) is 5.32. The Labute approximate surface area is 94.0 Å². The molecule has 0 spiro atoms. The number of hydrogen-bond acceptors (Lipinski definition) is 2. The predicted molar refractivity (Wildman–Crippen MR) is 61.0 cm³/mol. The number of anilines is 1. The van der Waals surface area contributed by atoms with Crippen molar-refractivity contribution in [1.82, 2.24) is 5.32 Å². The van der Waals surface area contributed by atoms with E-state index in [1.165, 1.54) is 0 Å². The molecule has 4 heteroatoms. The van der Waals surface area contributed by atoms with Crippen molar-refractivity contribution in [2.45, 2.75) is 25.8 Å². The summed E-state index contributed by atoms with van der Waals surface area (Å²) >= 11 is 0. The van der Waals surface area contributed by atoms with Crippen LogP contribution >= 0.6 is 0 Å². The molecule has 4 nitrogen and oxygen atoms in total. The SMILES string of the molecule is Cc1ccc(NC(=O)[C@@H]2CCC(=O)N2)cc1. The fourth-order valence-corrected chi connectivity index (χ4v) is 1.68. The molecular weight excluding hydrogens is 204 g/mol. The second-order valence-electron chi connectivity index (χ2n) is 4.01. The number of hydrogen-bond donors (Lipinski definition) is 2. The molecule has 0 aromatic heterocycles. The van der Waals surface area contributed by atoms with Gasteiger partial charge in [0.2, 0.25) is 11.8 Å². The van der Waals surface area contributed by atoms with Gasteiger partial charge in [0.25, 0.3) is 0 Å². The fraction of sp³-hybridized carbons (Fsp3) is 0.333. The number of aryl methyl sites for hydroxylation is 1. The van der Waals surface area contributed by atoms with Gasteiger partial charge in [-0.3, -0.25) is 9.59 Å². The molecule has 1 aliphatic rings. The number of nitrogens with one attached hydrogen (secondary N) is 2. The van der Waals surface area contributed by atoms with Crippen LogP contribution in [0.2, 0.25) is 0 Å². The van der Waals surface area contributed by atoms with Crippen LogP contribution in [0.4, 0.5) is 5.69 Å². The van der Waals surface area contributed by atoms with E-state index in [9.17, 15) is 9.59 Å². The predicted octanol–water partition coefficient (Wildman–Crippen LogP) is 1.21. The Morgan fingerprint density at radius 1 is 1.38 bits per heavy atom. The van der Waals surface area contributed by atoms with Gasteiger partial charge in [-0.05, 0) is 25.5 Å². The first-order chi connectivity index (χ1) is 7.65. The molecular formula is C12H14N2O2. The largest absolute Gasteiger partial charge is 0.344 e. The van der Waals surface area contributed by atoms with Crippen LogP contribution in [-0.4, -0.2) is 17.9 Å². The van der Waals surface area contributed by atoms with Gasteiger partial charge >= 0.3 is 0 Å². The number of amides is 2. The Balaban J connectivity index is 1.97. The molecule has 0 saturated carbocycles. The van der Waals surface area contributed by atoms with Gasteiger partial charge in [0.05, 0.1) is 0 Å². The average molecular weight is 218 g/mol. The quantitative estimate of drug-likeness (QED) is 0.784. The van der Waals surface area contributed by atoms with E-state index >= 15 is 0 Å². The number of carbonyl (C=O) groups is 2. The van der Waals surface area contributed by atoms with E-state index in [1.807, 2.05) is 31.2 Å². The number of rotatable bonds is 2. The molecule has 1 fully saturated rings. The van der Waals surface area contributed by atoms with Gasteiger partial charge in [0.1, 0.15) is 6.04 Å². The fourth-order valence-electron chi connectivity index (χ4n) is 1.68. The second kappa shape index (κ2) is 4.35. The van der Waals surface area contributed by atoms with Crippen LogP contribution in [0, 0.1) is 6.92 Å². The third-order valence-corrected chi connectivity index (χ3v) is 2.63. The molecule has 1 aromatic carbocycles. The van der Waals surface area contributed by atoms with Crippen molar-refractivity contribution in [2.75, 3.05) is 5.32 Å². The van der Waals surface area contributed by atoms with Crippen molar-refractivity contribution in [3.05, 3.63) is 29.8 Å². The number of benzene rings is 1. The summed E-state index contributed by atoms with van der Waals surface area (Å²) in [5.41, 5.74) is 1.91. The van der Waals surface area contributed by atoms with Crippen LogP contribution in [0.1, 0.15) is 18.4 Å². The minimum absolute atomic E-state index is 0.0518. The Bertz CT molecular complexity index is 412. The lowest BCUT2D eigenvalue weighted by atomic mass is 10.2. The van der Waals surface area contributed by atoms with E-state index in [4.69, 9.17) is 0 Å². The Morgan fingerprint density at radius 3 is 2.62 bits per heavy atom. The van der Waals surface area contributed by atoms with Crippen LogP contribution in [0.25, 0.3) is 0 Å². The highest BCUT2D eigenvalue weighted by Gasteiger charge is 2.26. The van der Waals surface area contributed by atoms with E-state index < -0.39 is 0 Å². The summed E-state index contributed by atoms with van der Waals surface area (Å²) in [5.74, 6) is -0.196. The molecule has 2 rings (SSSR count). The lowest BCUT2D eigenvalue weighted by Gasteiger charge is -2.10. The summed E-state index contributed by atoms with van der Waals surface area (Å²) < 4.78 is 0. The van der Waals surface area contributed by atoms with Crippen LogP contribution in [0.5, 0.6) is 0 Å². The molecule has 0 radical (unpaired) electrons. The van der Waals surface area contributed by atoms with Gasteiger partial charge in [-0.15, -0.1) is 0 Å². The highest BCUT2D eigenvalue weighted by atomic mass is 16.2. The summed E-state index contributed by atoms with van der Waals surface area (Å²) in [6, 6.07) is 7.19. The zero-order chi connectivity index (χ0) is 11.5. The monoisotopic (exact) mass is 218 g/mol. The zero-order valence-corrected chi connectivity index (χ0v) is 9.12. The molecule has 1 aromatic rings.